The van der Waals surface area contributed by atoms with Crippen LogP contribution in [0.2, 0.25) is 0 Å². The Morgan fingerprint density at radius 3 is 2.36 bits per heavy atom. The molecule has 0 bridgehead atoms. The summed E-state index contributed by atoms with van der Waals surface area (Å²) in [4.78, 5) is 42.9. The Bertz CT molecular complexity index is 2000. The van der Waals surface area contributed by atoms with Crippen LogP contribution in [-0.2, 0) is 12.6 Å². The molecule has 6 heterocycles. The molecular weight excluding hydrogens is 553 g/mol. The van der Waals surface area contributed by atoms with Crippen molar-refractivity contribution >= 4 is 22.8 Å². The number of carbonyl (C=O) groups excluding carboxylic acids is 1. The van der Waals surface area contributed by atoms with E-state index in [4.69, 9.17) is 0 Å². The highest BCUT2D eigenvalue weighted by atomic mass is 19.4. The Morgan fingerprint density at radius 1 is 0.881 bits per heavy atom. The van der Waals surface area contributed by atoms with Gasteiger partial charge in [0, 0.05) is 18.8 Å². The van der Waals surface area contributed by atoms with Gasteiger partial charge in [-0.1, -0.05) is 18.2 Å². The summed E-state index contributed by atoms with van der Waals surface area (Å²) in [6.45, 7) is 0. The molecule has 1 amide bonds. The zero-order chi connectivity index (χ0) is 29.3. The Labute approximate surface area is 233 Å². The van der Waals surface area contributed by atoms with Gasteiger partial charge in [0.15, 0.2) is 11.3 Å². The molecule has 1 aliphatic heterocycles. The van der Waals surface area contributed by atoms with Crippen molar-refractivity contribution in [2.75, 3.05) is 0 Å². The van der Waals surface area contributed by atoms with E-state index in [9.17, 15) is 22.8 Å². The maximum absolute atomic E-state index is 13.0. The summed E-state index contributed by atoms with van der Waals surface area (Å²) in [5, 5.41) is 13.9. The highest BCUT2D eigenvalue weighted by Crippen LogP contribution is 2.31. The van der Waals surface area contributed by atoms with Crippen molar-refractivity contribution in [2.45, 2.75) is 12.6 Å². The van der Waals surface area contributed by atoms with Crippen molar-refractivity contribution in [1.29, 1.82) is 0 Å². The van der Waals surface area contributed by atoms with E-state index in [0.29, 0.717) is 28.6 Å². The summed E-state index contributed by atoms with van der Waals surface area (Å²) in [6, 6.07) is 15.4. The molecule has 0 unspecified atom stereocenters. The average Bonchev–Trinajstić information content (AvgIpc) is 3.66. The average molecular weight is 570 g/mol. The third-order valence-electron chi connectivity index (χ3n) is 6.15. The highest BCUT2D eigenvalue weighted by molar-refractivity contribution is 6.14. The number of aliphatic imine (C=N–C) groups is 1. The number of hydrogen-bond donors (Lipinski definition) is 2. The quantitative estimate of drug-likeness (QED) is 0.327. The number of aromatic nitrogens is 9. The lowest BCUT2D eigenvalue weighted by Gasteiger charge is -2.15. The molecule has 208 valence electrons. The number of benzene rings is 1. The van der Waals surface area contributed by atoms with Crippen LogP contribution < -0.4 is 5.56 Å². The van der Waals surface area contributed by atoms with Crippen LogP contribution in [0, 0.1) is 0 Å². The van der Waals surface area contributed by atoms with Gasteiger partial charge in [-0.2, -0.15) is 23.5 Å². The molecule has 1 aromatic carbocycles. The molecule has 42 heavy (non-hydrogen) atoms. The number of H-pyrrole nitrogens is 2. The fourth-order valence-corrected chi connectivity index (χ4v) is 4.20. The molecule has 0 aliphatic carbocycles. The number of aromatic amines is 2. The SMILES string of the molecule is O=C1N=C(c2ccccn2)Cc2c1cnn2-c1cccc(C(F)(F)F)c1.O=c1[nH]c(-c2ccccn2)nc2n[nH]nc12. The number of alkyl halides is 3. The van der Waals surface area contributed by atoms with Gasteiger partial charge in [0.2, 0.25) is 5.65 Å². The van der Waals surface area contributed by atoms with Gasteiger partial charge in [-0.05, 0) is 42.5 Å². The number of fused-ring (bicyclic) bond motifs is 2. The van der Waals surface area contributed by atoms with E-state index in [2.05, 4.69) is 45.4 Å². The van der Waals surface area contributed by atoms with Crippen LogP contribution in [0.3, 0.4) is 0 Å². The highest BCUT2D eigenvalue weighted by Gasteiger charge is 2.31. The van der Waals surface area contributed by atoms with Crippen molar-refractivity contribution in [2.24, 2.45) is 4.99 Å². The molecule has 0 spiro atoms. The van der Waals surface area contributed by atoms with Crippen molar-refractivity contribution in [1.82, 2.24) is 45.1 Å². The van der Waals surface area contributed by atoms with Crippen molar-refractivity contribution in [3.63, 3.8) is 0 Å². The summed E-state index contributed by atoms with van der Waals surface area (Å²) >= 11 is 0. The molecule has 12 nitrogen and oxygen atoms in total. The minimum Gasteiger partial charge on any atom is -0.303 e. The van der Waals surface area contributed by atoms with E-state index in [0.717, 1.165) is 12.1 Å². The summed E-state index contributed by atoms with van der Waals surface area (Å²) in [6.07, 6.45) is 0.328. The van der Waals surface area contributed by atoms with Gasteiger partial charge in [0.05, 0.1) is 40.1 Å². The molecule has 0 atom stereocenters. The van der Waals surface area contributed by atoms with Gasteiger partial charge < -0.3 is 4.98 Å². The van der Waals surface area contributed by atoms with E-state index >= 15 is 0 Å². The fourth-order valence-electron chi connectivity index (χ4n) is 4.20. The van der Waals surface area contributed by atoms with E-state index < -0.39 is 17.6 Å². The number of halogens is 3. The van der Waals surface area contributed by atoms with E-state index in [1.807, 2.05) is 6.07 Å². The molecule has 0 saturated heterocycles. The smallest absolute Gasteiger partial charge is 0.303 e. The Kier molecular flexibility index (Phi) is 6.66. The summed E-state index contributed by atoms with van der Waals surface area (Å²) in [5.74, 6) is -0.0999. The maximum Gasteiger partial charge on any atom is 0.416 e. The maximum atomic E-state index is 13.0. The lowest BCUT2D eigenvalue weighted by Crippen LogP contribution is -2.20. The fraction of sp³-hybridized carbons (Fsp3) is 0.0741. The number of pyridine rings is 2. The zero-order valence-electron chi connectivity index (χ0n) is 21.2. The Morgan fingerprint density at radius 2 is 1.64 bits per heavy atom. The second kappa shape index (κ2) is 10.6. The number of amides is 1. The van der Waals surface area contributed by atoms with E-state index in [1.165, 1.54) is 23.0 Å². The predicted molar refractivity (Wildman–Crippen MR) is 143 cm³/mol. The van der Waals surface area contributed by atoms with Crippen molar-refractivity contribution < 1.29 is 18.0 Å². The number of nitrogens with one attached hydrogen (secondary N) is 2. The van der Waals surface area contributed by atoms with E-state index in [1.54, 1.807) is 42.7 Å². The molecule has 0 saturated carbocycles. The van der Waals surface area contributed by atoms with Crippen LogP contribution in [-0.4, -0.2) is 56.7 Å². The first kappa shape index (κ1) is 26.4. The van der Waals surface area contributed by atoms with Crippen LogP contribution in [0.5, 0.6) is 0 Å². The zero-order valence-corrected chi connectivity index (χ0v) is 21.2. The number of rotatable bonds is 3. The third kappa shape index (κ3) is 5.17. The van der Waals surface area contributed by atoms with Gasteiger partial charge in [-0.25, -0.2) is 14.7 Å². The summed E-state index contributed by atoms with van der Waals surface area (Å²) in [7, 11) is 0. The predicted octanol–water partition coefficient (Wildman–Crippen LogP) is 3.57. The number of carbonyl (C=O) groups is 1. The molecule has 5 aromatic heterocycles. The largest absolute Gasteiger partial charge is 0.416 e. The first-order chi connectivity index (χ1) is 20.3. The first-order valence-corrected chi connectivity index (χ1v) is 12.3. The number of nitrogens with zero attached hydrogens (tertiary/aromatic N) is 8. The second-order valence-corrected chi connectivity index (χ2v) is 8.85. The van der Waals surface area contributed by atoms with E-state index in [-0.39, 0.29) is 34.4 Å². The Balaban J connectivity index is 0.000000168. The van der Waals surface area contributed by atoms with Crippen LogP contribution in [0.4, 0.5) is 13.2 Å². The molecule has 0 radical (unpaired) electrons. The van der Waals surface area contributed by atoms with Gasteiger partial charge in [-0.15, -0.1) is 10.2 Å². The van der Waals surface area contributed by atoms with Gasteiger partial charge in [0.1, 0.15) is 5.69 Å². The number of hydrogen-bond acceptors (Lipinski definition) is 8. The molecule has 15 heteroatoms. The molecule has 1 aliphatic rings. The topological polar surface area (TPSA) is 160 Å². The lowest BCUT2D eigenvalue weighted by atomic mass is 10.0. The normalized spacial score (nSPS) is 12.8. The van der Waals surface area contributed by atoms with Gasteiger partial charge in [0.25, 0.3) is 11.5 Å². The van der Waals surface area contributed by atoms with Crippen LogP contribution in [0.1, 0.15) is 27.3 Å². The monoisotopic (exact) mass is 570 g/mol. The van der Waals surface area contributed by atoms with Crippen molar-refractivity contribution in [3.05, 3.63) is 112 Å². The summed E-state index contributed by atoms with van der Waals surface area (Å²) < 4.78 is 40.3. The molecule has 7 rings (SSSR count). The minimum absolute atomic E-state index is 0.194. The minimum atomic E-state index is -4.46. The third-order valence-corrected chi connectivity index (χ3v) is 6.15. The second-order valence-electron chi connectivity index (χ2n) is 8.85. The molecule has 2 N–H and O–H groups in total. The Hall–Kier alpha value is -5.86. The van der Waals surface area contributed by atoms with Gasteiger partial charge in [-0.3, -0.25) is 19.6 Å². The van der Waals surface area contributed by atoms with Crippen LogP contribution in [0.15, 0.2) is 89.0 Å². The van der Waals surface area contributed by atoms with Crippen LogP contribution >= 0.6 is 0 Å². The lowest BCUT2D eigenvalue weighted by molar-refractivity contribution is -0.137. The van der Waals surface area contributed by atoms with Crippen LogP contribution in [0.25, 0.3) is 28.4 Å². The summed E-state index contributed by atoms with van der Waals surface area (Å²) in [5.41, 5.74) is 1.95. The first-order valence-electron chi connectivity index (χ1n) is 12.3. The van der Waals surface area contributed by atoms with Gasteiger partial charge >= 0.3 is 6.18 Å². The molecule has 0 fully saturated rings. The standard InChI is InChI=1S/C18H11F3N4O.C9H6N6O/c19-18(20,21)11-4-3-5-12(8-11)25-16-9-15(14-6-1-2-7-22-14)24-17(26)13(16)10-23-25;16-9-6-8(14-15-13-6)11-7(12-9)5-3-1-2-4-10-5/h1-8,10H,9H2;1-4H,(H2,11,12,13,14,15,16). The molecule has 6 aromatic rings. The van der Waals surface area contributed by atoms with Crippen molar-refractivity contribution in [3.8, 4) is 17.2 Å². The molecular formula is C27H17F3N10O2.